The number of benzene rings is 1. The van der Waals surface area contributed by atoms with Gasteiger partial charge < -0.3 is 0 Å². The second-order valence-corrected chi connectivity index (χ2v) is 4.91. The van der Waals surface area contributed by atoms with Crippen LogP contribution in [0.3, 0.4) is 0 Å². The molecule has 8 nitrogen and oxygen atoms in total. The molecule has 2 N–H and O–H groups in total. The van der Waals surface area contributed by atoms with E-state index in [1.54, 1.807) is 18.2 Å². The second-order valence-electron chi connectivity index (χ2n) is 4.91. The number of amides is 1. The number of carbonyl (C=O) groups excluding carboxylic acids is 1. The summed E-state index contributed by atoms with van der Waals surface area (Å²) in [5.74, 6) is -0.182. The van der Waals surface area contributed by atoms with Crippen molar-refractivity contribution in [1.29, 1.82) is 0 Å². The molecule has 8 heteroatoms. The summed E-state index contributed by atoms with van der Waals surface area (Å²) in [5, 5.41) is 21.0. The lowest BCUT2D eigenvalue weighted by molar-refractivity contribution is -0.384. The number of H-pyrrole nitrogens is 1. The van der Waals surface area contributed by atoms with Gasteiger partial charge in [-0.1, -0.05) is 13.8 Å². The van der Waals surface area contributed by atoms with Crippen LogP contribution < -0.4 is 5.43 Å². The smallest absolute Gasteiger partial charge is 0.282 e. The average molecular weight is 301 g/mol. The summed E-state index contributed by atoms with van der Waals surface area (Å²) in [6.45, 7) is 3.98. The van der Waals surface area contributed by atoms with Crippen LogP contribution in [0.1, 0.15) is 41.5 Å². The van der Waals surface area contributed by atoms with Gasteiger partial charge in [-0.25, -0.2) is 5.43 Å². The first-order chi connectivity index (χ1) is 10.5. The Kier molecular flexibility index (Phi) is 4.62. The van der Waals surface area contributed by atoms with Crippen LogP contribution in [-0.2, 0) is 0 Å². The normalized spacial score (nSPS) is 11.0. The van der Waals surface area contributed by atoms with Gasteiger partial charge in [-0.15, -0.1) is 0 Å². The Balaban J connectivity index is 1.96. The maximum atomic E-state index is 11.8. The van der Waals surface area contributed by atoms with Crippen LogP contribution in [0.2, 0.25) is 0 Å². The van der Waals surface area contributed by atoms with Crippen molar-refractivity contribution in [3.05, 3.63) is 57.4 Å². The minimum Gasteiger partial charge on any atom is -0.282 e. The first-order valence-corrected chi connectivity index (χ1v) is 6.60. The molecule has 0 bridgehead atoms. The summed E-state index contributed by atoms with van der Waals surface area (Å²) in [6, 6.07) is 7.48. The predicted octanol–water partition coefficient (Wildman–Crippen LogP) is 2.21. The van der Waals surface area contributed by atoms with Gasteiger partial charge in [-0.3, -0.25) is 20.0 Å². The van der Waals surface area contributed by atoms with Crippen molar-refractivity contribution in [3.63, 3.8) is 0 Å². The summed E-state index contributed by atoms with van der Waals surface area (Å²) in [6.07, 6.45) is 1.40. The van der Waals surface area contributed by atoms with E-state index >= 15 is 0 Å². The molecule has 0 spiro atoms. The lowest BCUT2D eigenvalue weighted by Gasteiger charge is -1.97. The van der Waals surface area contributed by atoms with E-state index in [9.17, 15) is 14.9 Å². The van der Waals surface area contributed by atoms with Crippen LogP contribution in [0, 0.1) is 10.1 Å². The predicted molar refractivity (Wildman–Crippen MR) is 80.8 cm³/mol. The van der Waals surface area contributed by atoms with Gasteiger partial charge in [-0.2, -0.15) is 10.2 Å². The fourth-order valence-electron chi connectivity index (χ4n) is 1.65. The molecule has 2 rings (SSSR count). The van der Waals surface area contributed by atoms with E-state index in [-0.39, 0.29) is 17.3 Å². The van der Waals surface area contributed by atoms with Crippen LogP contribution >= 0.6 is 0 Å². The molecule has 0 fully saturated rings. The first kappa shape index (κ1) is 15.4. The van der Waals surface area contributed by atoms with Gasteiger partial charge in [0, 0.05) is 17.8 Å². The molecule has 0 aliphatic rings. The molecule has 1 amide bonds. The van der Waals surface area contributed by atoms with Crippen LogP contribution in [0.25, 0.3) is 0 Å². The number of hydrogen-bond acceptors (Lipinski definition) is 5. The van der Waals surface area contributed by atoms with E-state index in [0.717, 1.165) is 5.69 Å². The Morgan fingerprint density at radius 1 is 1.41 bits per heavy atom. The molecule has 1 aromatic heterocycles. The van der Waals surface area contributed by atoms with Gasteiger partial charge in [0.05, 0.1) is 11.1 Å². The van der Waals surface area contributed by atoms with Crippen LogP contribution in [0.15, 0.2) is 35.4 Å². The lowest BCUT2D eigenvalue weighted by atomic mass is 10.1. The molecule has 0 aliphatic heterocycles. The lowest BCUT2D eigenvalue weighted by Crippen LogP contribution is -2.18. The minimum atomic E-state index is -0.480. The zero-order chi connectivity index (χ0) is 16.1. The highest BCUT2D eigenvalue weighted by Gasteiger charge is 2.11. The van der Waals surface area contributed by atoms with Gasteiger partial charge >= 0.3 is 0 Å². The van der Waals surface area contributed by atoms with Gasteiger partial charge in [0.2, 0.25) is 0 Å². The first-order valence-electron chi connectivity index (χ1n) is 6.60. The Bertz CT molecular complexity index is 704. The minimum absolute atomic E-state index is 0.000997. The molecule has 1 heterocycles. The monoisotopic (exact) mass is 301 g/mol. The van der Waals surface area contributed by atoms with Crippen molar-refractivity contribution in [2.75, 3.05) is 0 Å². The largest absolute Gasteiger partial charge is 0.291 e. The summed E-state index contributed by atoms with van der Waals surface area (Å²) < 4.78 is 0. The van der Waals surface area contributed by atoms with E-state index in [0.29, 0.717) is 5.56 Å². The van der Waals surface area contributed by atoms with Crippen molar-refractivity contribution < 1.29 is 9.72 Å². The highest BCUT2D eigenvalue weighted by Crippen LogP contribution is 2.12. The van der Waals surface area contributed by atoms with Gasteiger partial charge in [0.1, 0.15) is 0 Å². The number of aromatic nitrogens is 2. The summed E-state index contributed by atoms with van der Waals surface area (Å²) in [4.78, 5) is 21.9. The van der Waals surface area contributed by atoms with Gasteiger partial charge in [-0.05, 0) is 29.7 Å². The molecule has 0 radical (unpaired) electrons. The molecule has 2 aromatic rings. The standard InChI is InChI=1S/C14H15N5O3/c1-9(2)12-7-13(17-16-12)14(20)18-15-8-10-3-5-11(6-4-10)19(21)22/h3-9H,1-2H3,(H,16,17)(H,18,20)/b15-8+. The number of nitrogens with one attached hydrogen (secondary N) is 2. The molecule has 114 valence electrons. The highest BCUT2D eigenvalue weighted by atomic mass is 16.6. The van der Waals surface area contributed by atoms with Crippen LogP contribution in [-0.4, -0.2) is 27.2 Å². The highest BCUT2D eigenvalue weighted by molar-refractivity contribution is 5.93. The average Bonchev–Trinajstić information content (AvgIpc) is 2.98. The maximum absolute atomic E-state index is 11.8. The van der Waals surface area contributed by atoms with Crippen LogP contribution in [0.5, 0.6) is 0 Å². The van der Waals surface area contributed by atoms with E-state index in [2.05, 4.69) is 20.7 Å². The third-order valence-corrected chi connectivity index (χ3v) is 2.94. The Labute approximate surface area is 126 Å². The van der Waals surface area contributed by atoms with E-state index in [4.69, 9.17) is 0 Å². The van der Waals surface area contributed by atoms with E-state index in [1.165, 1.54) is 18.3 Å². The van der Waals surface area contributed by atoms with Crippen molar-refractivity contribution >= 4 is 17.8 Å². The number of nitro benzene ring substituents is 1. The number of aromatic amines is 1. The number of carbonyl (C=O) groups is 1. The van der Waals surface area contributed by atoms with Crippen molar-refractivity contribution in [1.82, 2.24) is 15.6 Å². The fourth-order valence-corrected chi connectivity index (χ4v) is 1.65. The third-order valence-electron chi connectivity index (χ3n) is 2.94. The third kappa shape index (κ3) is 3.75. The topological polar surface area (TPSA) is 113 Å². The summed E-state index contributed by atoms with van der Waals surface area (Å²) in [5.41, 5.74) is 4.10. The zero-order valence-corrected chi connectivity index (χ0v) is 12.1. The molecular formula is C14H15N5O3. The Morgan fingerprint density at radius 2 is 2.09 bits per heavy atom. The molecule has 22 heavy (non-hydrogen) atoms. The Morgan fingerprint density at radius 3 is 2.64 bits per heavy atom. The van der Waals surface area contributed by atoms with Gasteiger partial charge in [0.15, 0.2) is 5.69 Å². The number of rotatable bonds is 5. The van der Waals surface area contributed by atoms with Crippen molar-refractivity contribution in [3.8, 4) is 0 Å². The quantitative estimate of drug-likeness (QED) is 0.500. The second kappa shape index (κ2) is 6.61. The zero-order valence-electron chi connectivity index (χ0n) is 12.1. The molecule has 0 saturated heterocycles. The van der Waals surface area contributed by atoms with Crippen molar-refractivity contribution in [2.24, 2.45) is 5.10 Å². The Hall–Kier alpha value is -3.03. The molecule has 1 aromatic carbocycles. The number of nitrogens with zero attached hydrogens (tertiary/aromatic N) is 3. The number of non-ortho nitro benzene ring substituents is 1. The van der Waals surface area contributed by atoms with E-state index in [1.807, 2.05) is 13.8 Å². The summed E-state index contributed by atoms with van der Waals surface area (Å²) >= 11 is 0. The van der Waals surface area contributed by atoms with Crippen molar-refractivity contribution in [2.45, 2.75) is 19.8 Å². The van der Waals surface area contributed by atoms with Gasteiger partial charge in [0.25, 0.3) is 11.6 Å². The van der Waals surface area contributed by atoms with Crippen LogP contribution in [0.4, 0.5) is 5.69 Å². The molecule has 0 saturated carbocycles. The summed E-state index contributed by atoms with van der Waals surface area (Å²) in [7, 11) is 0. The molecule has 0 unspecified atom stereocenters. The molecule has 0 aliphatic carbocycles. The molecular weight excluding hydrogens is 286 g/mol. The fraction of sp³-hybridized carbons (Fsp3) is 0.214. The maximum Gasteiger partial charge on any atom is 0.291 e. The number of nitro groups is 1. The molecule has 0 atom stereocenters. The van der Waals surface area contributed by atoms with E-state index < -0.39 is 10.8 Å². The number of hydrazone groups is 1. The number of hydrogen-bond donors (Lipinski definition) is 2. The SMILES string of the molecule is CC(C)c1cc(C(=O)N/N=C/c2ccc([N+](=O)[O-])cc2)n[nH]1.